The summed E-state index contributed by atoms with van der Waals surface area (Å²) in [4.78, 5) is 39.9. The largest absolute Gasteiger partial charge is 0.402 e. The predicted molar refractivity (Wildman–Crippen MR) is 151 cm³/mol. The lowest BCUT2D eigenvalue weighted by Gasteiger charge is -2.25. The van der Waals surface area contributed by atoms with Gasteiger partial charge in [-0.25, -0.2) is 0 Å². The molecule has 0 unspecified atom stereocenters. The molecule has 1 amide bonds. The average Bonchev–Trinajstić information content (AvgIpc) is 2.91. The lowest BCUT2D eigenvalue weighted by Crippen LogP contribution is -2.26. The van der Waals surface area contributed by atoms with Crippen molar-refractivity contribution in [3.8, 4) is 0 Å². The summed E-state index contributed by atoms with van der Waals surface area (Å²) in [5.41, 5.74) is 11.9. The number of anilines is 1. The van der Waals surface area contributed by atoms with E-state index in [4.69, 9.17) is 5.73 Å². The predicted octanol–water partition coefficient (Wildman–Crippen LogP) is 4.18. The summed E-state index contributed by atoms with van der Waals surface area (Å²) in [7, 11) is 2.11. The fraction of sp³-hybridized carbons (Fsp3) is 0.194. The van der Waals surface area contributed by atoms with Crippen molar-refractivity contribution in [2.75, 3.05) is 18.9 Å². The van der Waals surface area contributed by atoms with Gasteiger partial charge in [0, 0.05) is 47.2 Å². The van der Waals surface area contributed by atoms with Gasteiger partial charge < -0.3 is 20.5 Å². The molecule has 1 aliphatic rings. The number of nitrogens with two attached hydrogens (primary N) is 1. The number of hydrogen-bond acceptors (Lipinski definition) is 5. The molecular formula is C31H30N4O3. The summed E-state index contributed by atoms with van der Waals surface area (Å²) in [6, 6.07) is 20.5. The summed E-state index contributed by atoms with van der Waals surface area (Å²) < 4.78 is 1.62. The Morgan fingerprint density at radius 2 is 1.87 bits per heavy atom. The Balaban J connectivity index is 1.35. The van der Waals surface area contributed by atoms with E-state index in [0.29, 0.717) is 34.3 Å². The molecule has 192 valence electrons. The molecule has 1 aromatic heterocycles. The molecule has 38 heavy (non-hydrogen) atoms. The van der Waals surface area contributed by atoms with Crippen molar-refractivity contribution in [3.05, 3.63) is 117 Å². The first kappa shape index (κ1) is 25.2. The highest BCUT2D eigenvalue weighted by Crippen LogP contribution is 2.23. The second-order valence-corrected chi connectivity index (χ2v) is 9.89. The highest BCUT2D eigenvalue weighted by atomic mass is 16.1. The number of hydrogen-bond donors (Lipinski definition) is 2. The number of nitrogens with one attached hydrogen (secondary N) is 1. The van der Waals surface area contributed by atoms with E-state index in [2.05, 4.69) is 29.4 Å². The number of aromatic nitrogens is 1. The van der Waals surface area contributed by atoms with Crippen molar-refractivity contribution in [2.45, 2.75) is 26.4 Å². The minimum Gasteiger partial charge on any atom is -0.402 e. The Hall–Kier alpha value is -4.49. The van der Waals surface area contributed by atoms with E-state index in [1.807, 2.05) is 30.3 Å². The van der Waals surface area contributed by atoms with Crippen LogP contribution in [0.5, 0.6) is 0 Å². The topological polar surface area (TPSA) is 97.4 Å². The van der Waals surface area contributed by atoms with Gasteiger partial charge in [0.25, 0.3) is 11.5 Å². The van der Waals surface area contributed by atoms with Crippen LogP contribution in [0, 0.1) is 0 Å². The second-order valence-electron chi connectivity index (χ2n) is 9.89. The number of amides is 1. The van der Waals surface area contributed by atoms with Crippen molar-refractivity contribution in [2.24, 2.45) is 5.73 Å². The molecule has 0 spiro atoms. The molecule has 0 bridgehead atoms. The van der Waals surface area contributed by atoms with Crippen molar-refractivity contribution in [1.82, 2.24) is 9.47 Å². The van der Waals surface area contributed by atoms with Gasteiger partial charge in [-0.2, -0.15) is 0 Å². The Bertz CT molecular complexity index is 1650. The highest BCUT2D eigenvalue weighted by Gasteiger charge is 2.15. The number of rotatable bonds is 6. The van der Waals surface area contributed by atoms with Crippen molar-refractivity contribution >= 4 is 34.2 Å². The van der Waals surface area contributed by atoms with Gasteiger partial charge in [0.15, 0.2) is 6.29 Å². The monoisotopic (exact) mass is 506 g/mol. The fourth-order valence-electron chi connectivity index (χ4n) is 4.95. The quantitative estimate of drug-likeness (QED) is 0.302. The standard InChI is InChI=1S/C31H30N4O3/c1-20(32)29(19-36)23-7-9-28-24(15-23)11-13-35(31(28)38)17-21-4-3-5-25(14-21)30(37)33-27-8-6-26-18-34(2)12-10-22(26)16-27/h3-9,11,13-16,19H,10,12,17-18,32H2,1-2H3,(H,33,37)/b29-20+. The minimum absolute atomic E-state index is 0.148. The van der Waals surface area contributed by atoms with Crippen molar-refractivity contribution < 1.29 is 9.59 Å². The van der Waals surface area contributed by atoms with Crippen LogP contribution in [-0.2, 0) is 24.3 Å². The van der Waals surface area contributed by atoms with Gasteiger partial charge in [-0.3, -0.25) is 14.4 Å². The van der Waals surface area contributed by atoms with Crippen LogP contribution in [0.1, 0.15) is 39.5 Å². The van der Waals surface area contributed by atoms with Crippen LogP contribution in [0.3, 0.4) is 0 Å². The molecule has 1 aliphatic heterocycles. The summed E-state index contributed by atoms with van der Waals surface area (Å²) in [5.74, 6) is -0.188. The van der Waals surface area contributed by atoms with Gasteiger partial charge in [-0.15, -0.1) is 0 Å². The van der Waals surface area contributed by atoms with E-state index in [9.17, 15) is 14.4 Å². The van der Waals surface area contributed by atoms with E-state index in [-0.39, 0.29) is 11.5 Å². The highest BCUT2D eigenvalue weighted by molar-refractivity contribution is 6.09. The SMILES string of the molecule is C/C(N)=C(/C=O)c1ccc2c(=O)n(Cc3cccc(C(=O)Nc4ccc5c(c4)CCN(C)C5)c3)ccc2c1. The normalized spacial score (nSPS) is 14.1. The molecule has 2 heterocycles. The third-order valence-corrected chi connectivity index (χ3v) is 7.04. The first-order valence-corrected chi connectivity index (χ1v) is 12.6. The molecule has 5 rings (SSSR count). The molecule has 4 aromatic rings. The lowest BCUT2D eigenvalue weighted by molar-refractivity contribution is -0.103. The molecule has 7 nitrogen and oxygen atoms in total. The number of carbonyl (C=O) groups is 2. The van der Waals surface area contributed by atoms with E-state index in [0.717, 1.165) is 42.4 Å². The van der Waals surface area contributed by atoms with Gasteiger partial charge in [0.1, 0.15) is 0 Å². The van der Waals surface area contributed by atoms with Crippen LogP contribution in [0.2, 0.25) is 0 Å². The third-order valence-electron chi connectivity index (χ3n) is 7.04. The summed E-state index contributed by atoms with van der Waals surface area (Å²) in [6.07, 6.45) is 3.42. The van der Waals surface area contributed by atoms with Crippen LogP contribution < -0.4 is 16.6 Å². The molecule has 0 aliphatic carbocycles. The van der Waals surface area contributed by atoms with E-state index in [1.165, 1.54) is 11.1 Å². The number of allylic oxidation sites excluding steroid dienone is 2. The number of carbonyl (C=O) groups excluding carboxylic acids is 2. The average molecular weight is 507 g/mol. The number of fused-ring (bicyclic) bond motifs is 2. The molecule has 3 aromatic carbocycles. The van der Waals surface area contributed by atoms with Crippen LogP contribution in [0.25, 0.3) is 16.3 Å². The molecule has 0 radical (unpaired) electrons. The Labute approximate surface area is 221 Å². The van der Waals surface area contributed by atoms with Gasteiger partial charge in [-0.05, 0) is 90.5 Å². The number of aldehydes is 1. The van der Waals surface area contributed by atoms with E-state index in [1.54, 1.807) is 42.0 Å². The van der Waals surface area contributed by atoms with E-state index >= 15 is 0 Å². The molecule has 0 saturated heterocycles. The van der Waals surface area contributed by atoms with Crippen LogP contribution in [0.4, 0.5) is 5.69 Å². The maximum absolute atomic E-state index is 13.2. The van der Waals surface area contributed by atoms with Crippen LogP contribution >= 0.6 is 0 Å². The van der Waals surface area contributed by atoms with Crippen LogP contribution in [0.15, 0.2) is 83.4 Å². The number of likely N-dealkylation sites (N-methyl/N-ethyl adjacent to an activating group) is 1. The van der Waals surface area contributed by atoms with Gasteiger partial charge in [-0.1, -0.05) is 24.3 Å². The summed E-state index contributed by atoms with van der Waals surface area (Å²) in [5, 5.41) is 4.29. The van der Waals surface area contributed by atoms with Crippen molar-refractivity contribution in [3.63, 3.8) is 0 Å². The summed E-state index contributed by atoms with van der Waals surface area (Å²) in [6.45, 7) is 3.93. The van der Waals surface area contributed by atoms with Gasteiger partial charge in [0.2, 0.25) is 0 Å². The minimum atomic E-state index is -0.188. The molecule has 7 heteroatoms. The van der Waals surface area contributed by atoms with E-state index < -0.39 is 0 Å². The Morgan fingerprint density at radius 1 is 1.03 bits per heavy atom. The number of benzene rings is 3. The first-order valence-electron chi connectivity index (χ1n) is 12.6. The molecule has 0 saturated carbocycles. The number of nitrogens with zero attached hydrogens (tertiary/aromatic N) is 2. The molecule has 0 atom stereocenters. The Kier molecular flexibility index (Phi) is 6.94. The summed E-state index contributed by atoms with van der Waals surface area (Å²) >= 11 is 0. The maximum atomic E-state index is 13.2. The van der Waals surface area contributed by atoms with Crippen LogP contribution in [-0.4, -0.2) is 35.3 Å². The fourth-order valence-corrected chi connectivity index (χ4v) is 4.95. The zero-order valence-corrected chi connectivity index (χ0v) is 21.5. The smallest absolute Gasteiger partial charge is 0.258 e. The molecule has 0 fully saturated rings. The van der Waals surface area contributed by atoms with Gasteiger partial charge >= 0.3 is 0 Å². The second kappa shape index (κ2) is 10.5. The van der Waals surface area contributed by atoms with Gasteiger partial charge in [0.05, 0.1) is 6.54 Å². The first-order chi connectivity index (χ1) is 18.3. The third kappa shape index (κ3) is 5.14. The Morgan fingerprint density at radius 3 is 2.66 bits per heavy atom. The van der Waals surface area contributed by atoms with Crippen molar-refractivity contribution in [1.29, 1.82) is 0 Å². The lowest BCUT2D eigenvalue weighted by atomic mass is 9.99. The maximum Gasteiger partial charge on any atom is 0.258 e. The number of pyridine rings is 1. The zero-order valence-electron chi connectivity index (χ0n) is 21.5. The zero-order chi connectivity index (χ0) is 26.8. The molecule has 3 N–H and O–H groups in total. The molecular weight excluding hydrogens is 476 g/mol.